The van der Waals surface area contributed by atoms with Crippen molar-refractivity contribution in [3.63, 3.8) is 0 Å². The normalized spacial score (nSPS) is 20.1. The third-order valence-corrected chi connectivity index (χ3v) is 3.39. The van der Waals surface area contributed by atoms with Gasteiger partial charge in [-0.1, -0.05) is 13.8 Å². The highest BCUT2D eigenvalue weighted by molar-refractivity contribution is 5.76. The molecule has 21 heavy (non-hydrogen) atoms. The summed E-state index contributed by atoms with van der Waals surface area (Å²) in [5.41, 5.74) is 0. The maximum absolute atomic E-state index is 12.5. The molecule has 1 amide bonds. The van der Waals surface area contributed by atoms with Gasteiger partial charge in [-0.05, 0) is 18.8 Å². The van der Waals surface area contributed by atoms with Crippen LogP contribution in [0.2, 0.25) is 0 Å². The van der Waals surface area contributed by atoms with E-state index in [0.29, 0.717) is 25.9 Å². The zero-order valence-electron chi connectivity index (χ0n) is 12.0. The van der Waals surface area contributed by atoms with Crippen molar-refractivity contribution in [1.82, 2.24) is 15.1 Å². The fraction of sp³-hybridized carbons (Fsp3) is 0.769. The van der Waals surface area contributed by atoms with E-state index in [1.807, 2.05) is 13.8 Å². The van der Waals surface area contributed by atoms with E-state index < -0.39 is 12.1 Å². The highest BCUT2D eigenvalue weighted by atomic mass is 19.4. The van der Waals surface area contributed by atoms with Crippen LogP contribution in [0.4, 0.5) is 13.2 Å². The molecule has 0 radical (unpaired) electrons. The number of nitrogens with zero attached hydrogens (tertiary/aromatic N) is 3. The van der Waals surface area contributed by atoms with Crippen LogP contribution in [0.15, 0.2) is 4.42 Å². The molecule has 1 aromatic heterocycles. The first kappa shape index (κ1) is 15.8. The van der Waals surface area contributed by atoms with Gasteiger partial charge in [0.2, 0.25) is 11.8 Å². The molecule has 0 saturated carbocycles. The second-order valence-electron chi connectivity index (χ2n) is 5.72. The lowest BCUT2D eigenvalue weighted by Crippen LogP contribution is -2.39. The van der Waals surface area contributed by atoms with Gasteiger partial charge in [0.1, 0.15) is 0 Å². The van der Waals surface area contributed by atoms with Crippen LogP contribution in [0, 0.1) is 5.92 Å². The summed E-state index contributed by atoms with van der Waals surface area (Å²) in [5, 5.41) is 6.52. The van der Waals surface area contributed by atoms with Crippen LogP contribution in [0.1, 0.15) is 50.8 Å². The van der Waals surface area contributed by atoms with Gasteiger partial charge in [0.15, 0.2) is 0 Å². The van der Waals surface area contributed by atoms with Gasteiger partial charge in [-0.15, -0.1) is 10.2 Å². The standard InChI is InChI=1S/C13H18F3N3O2/c1-8(2)6-10(20)19-5-3-4-9(7-19)11-17-18-12(21-11)13(14,15)16/h8-9H,3-7H2,1-2H3. The molecule has 1 aliphatic heterocycles. The average molecular weight is 305 g/mol. The Kier molecular flexibility index (Phi) is 4.53. The number of halogens is 3. The van der Waals surface area contributed by atoms with Gasteiger partial charge in [0, 0.05) is 19.5 Å². The maximum atomic E-state index is 12.5. The number of amides is 1. The van der Waals surface area contributed by atoms with Gasteiger partial charge in [-0.25, -0.2) is 0 Å². The molecule has 1 aliphatic rings. The first-order chi connectivity index (χ1) is 9.77. The zero-order valence-corrected chi connectivity index (χ0v) is 12.0. The van der Waals surface area contributed by atoms with Crippen molar-refractivity contribution in [2.24, 2.45) is 5.92 Å². The molecular formula is C13H18F3N3O2. The molecule has 5 nitrogen and oxygen atoms in total. The Hall–Kier alpha value is -1.60. The van der Waals surface area contributed by atoms with Crippen molar-refractivity contribution in [3.05, 3.63) is 11.8 Å². The summed E-state index contributed by atoms with van der Waals surface area (Å²) < 4.78 is 42.1. The van der Waals surface area contributed by atoms with E-state index >= 15 is 0 Å². The zero-order chi connectivity index (χ0) is 15.6. The largest absolute Gasteiger partial charge is 0.470 e. The van der Waals surface area contributed by atoms with Crippen LogP contribution in [-0.4, -0.2) is 34.1 Å². The van der Waals surface area contributed by atoms with E-state index in [1.165, 1.54) is 0 Å². The molecule has 118 valence electrons. The van der Waals surface area contributed by atoms with E-state index in [4.69, 9.17) is 4.42 Å². The fourth-order valence-corrected chi connectivity index (χ4v) is 2.40. The van der Waals surface area contributed by atoms with Gasteiger partial charge >= 0.3 is 12.1 Å². The summed E-state index contributed by atoms with van der Waals surface area (Å²) in [6.07, 6.45) is -2.83. The highest BCUT2D eigenvalue weighted by Crippen LogP contribution is 2.32. The van der Waals surface area contributed by atoms with Crippen LogP contribution >= 0.6 is 0 Å². The molecule has 8 heteroatoms. The van der Waals surface area contributed by atoms with Crippen LogP contribution in [0.25, 0.3) is 0 Å². The van der Waals surface area contributed by atoms with E-state index in [0.717, 1.165) is 6.42 Å². The molecule has 0 aromatic carbocycles. The van der Waals surface area contributed by atoms with Crippen LogP contribution < -0.4 is 0 Å². The fourth-order valence-electron chi connectivity index (χ4n) is 2.40. The van der Waals surface area contributed by atoms with Crippen molar-refractivity contribution in [1.29, 1.82) is 0 Å². The maximum Gasteiger partial charge on any atom is 0.470 e. The Balaban J connectivity index is 2.04. The van der Waals surface area contributed by atoms with Gasteiger partial charge in [-0.2, -0.15) is 13.2 Å². The average Bonchev–Trinajstić information content (AvgIpc) is 2.87. The lowest BCUT2D eigenvalue weighted by molar-refractivity contribution is -0.157. The third-order valence-electron chi connectivity index (χ3n) is 3.39. The monoisotopic (exact) mass is 305 g/mol. The van der Waals surface area contributed by atoms with Gasteiger partial charge in [0.25, 0.3) is 0 Å². The Labute approximate surface area is 120 Å². The SMILES string of the molecule is CC(C)CC(=O)N1CCCC(c2nnc(C(F)(F)F)o2)C1. The first-order valence-electron chi connectivity index (χ1n) is 6.95. The van der Waals surface area contributed by atoms with Crippen molar-refractivity contribution in [3.8, 4) is 0 Å². The smallest absolute Gasteiger partial charge is 0.417 e. The minimum Gasteiger partial charge on any atom is -0.417 e. The molecule has 0 spiro atoms. The molecular weight excluding hydrogens is 287 g/mol. The van der Waals surface area contributed by atoms with Crippen molar-refractivity contribution >= 4 is 5.91 Å². The van der Waals surface area contributed by atoms with Crippen molar-refractivity contribution in [2.75, 3.05) is 13.1 Å². The molecule has 1 unspecified atom stereocenters. The summed E-state index contributed by atoms with van der Waals surface area (Å²) in [7, 11) is 0. The summed E-state index contributed by atoms with van der Waals surface area (Å²) in [6.45, 7) is 4.87. The quantitative estimate of drug-likeness (QED) is 0.861. The predicted molar refractivity (Wildman–Crippen MR) is 67.3 cm³/mol. The second kappa shape index (κ2) is 6.03. The second-order valence-corrected chi connectivity index (χ2v) is 5.72. The van der Waals surface area contributed by atoms with E-state index in [-0.39, 0.29) is 23.6 Å². The summed E-state index contributed by atoms with van der Waals surface area (Å²) in [5.74, 6) is -1.42. The van der Waals surface area contributed by atoms with Crippen molar-refractivity contribution in [2.45, 2.75) is 45.2 Å². The highest BCUT2D eigenvalue weighted by Gasteiger charge is 2.39. The number of aromatic nitrogens is 2. The molecule has 0 aliphatic carbocycles. The Morgan fingerprint density at radius 3 is 2.71 bits per heavy atom. The summed E-state index contributed by atoms with van der Waals surface area (Å²) in [4.78, 5) is 13.7. The topological polar surface area (TPSA) is 59.2 Å². The van der Waals surface area contributed by atoms with Gasteiger partial charge in [0.05, 0.1) is 5.92 Å². The number of carbonyl (C=O) groups is 1. The van der Waals surface area contributed by atoms with E-state index in [1.54, 1.807) is 4.90 Å². The molecule has 1 saturated heterocycles. The molecule has 1 fully saturated rings. The summed E-state index contributed by atoms with van der Waals surface area (Å²) >= 11 is 0. The molecule has 2 heterocycles. The number of hydrogen-bond acceptors (Lipinski definition) is 4. The number of carbonyl (C=O) groups excluding carboxylic acids is 1. The lowest BCUT2D eigenvalue weighted by atomic mass is 9.97. The Bertz CT molecular complexity index is 499. The van der Waals surface area contributed by atoms with Gasteiger partial charge in [-0.3, -0.25) is 4.79 Å². The molecule has 1 atom stereocenters. The molecule has 0 N–H and O–H groups in total. The van der Waals surface area contributed by atoms with Crippen LogP contribution in [-0.2, 0) is 11.0 Å². The van der Waals surface area contributed by atoms with Crippen LogP contribution in [0.3, 0.4) is 0 Å². The molecule has 1 aromatic rings. The first-order valence-corrected chi connectivity index (χ1v) is 6.95. The van der Waals surface area contributed by atoms with Crippen molar-refractivity contribution < 1.29 is 22.4 Å². The number of likely N-dealkylation sites (tertiary alicyclic amines) is 1. The predicted octanol–water partition coefficient (Wildman–Crippen LogP) is 2.84. The minimum atomic E-state index is -4.63. The van der Waals surface area contributed by atoms with E-state index in [9.17, 15) is 18.0 Å². The molecule has 2 rings (SSSR count). The van der Waals surface area contributed by atoms with Gasteiger partial charge < -0.3 is 9.32 Å². The third kappa shape index (κ3) is 3.95. The molecule has 0 bridgehead atoms. The Morgan fingerprint density at radius 1 is 1.43 bits per heavy atom. The van der Waals surface area contributed by atoms with Crippen LogP contribution in [0.5, 0.6) is 0 Å². The Morgan fingerprint density at radius 2 is 2.14 bits per heavy atom. The number of piperidine rings is 1. The minimum absolute atomic E-state index is 0.0188. The van der Waals surface area contributed by atoms with E-state index in [2.05, 4.69) is 10.2 Å². The summed E-state index contributed by atoms with van der Waals surface area (Å²) in [6, 6.07) is 0. The number of alkyl halides is 3. The lowest BCUT2D eigenvalue weighted by Gasteiger charge is -2.31. The number of hydrogen-bond donors (Lipinski definition) is 0. The number of rotatable bonds is 3.